The summed E-state index contributed by atoms with van der Waals surface area (Å²) in [6.07, 6.45) is 10.2. The van der Waals surface area contributed by atoms with Crippen molar-refractivity contribution >= 4 is 0 Å². The topological polar surface area (TPSA) is 26.0 Å². The van der Waals surface area contributed by atoms with Gasteiger partial charge in [-0.2, -0.15) is 0 Å². The fourth-order valence-electron chi connectivity index (χ4n) is 4.91. The van der Waals surface area contributed by atoms with E-state index in [1.54, 1.807) is 0 Å². The number of rotatable bonds is 0. The fourth-order valence-corrected chi connectivity index (χ4v) is 4.91. The van der Waals surface area contributed by atoms with Crippen LogP contribution in [0.3, 0.4) is 0 Å². The molecule has 3 aliphatic carbocycles. The molecule has 0 heterocycles. The molecule has 0 saturated heterocycles. The molecule has 3 saturated carbocycles. The van der Waals surface area contributed by atoms with Crippen molar-refractivity contribution in [2.75, 3.05) is 0 Å². The summed E-state index contributed by atoms with van der Waals surface area (Å²) in [5, 5.41) is 0. The highest BCUT2D eigenvalue weighted by atomic mass is 14.8. The lowest BCUT2D eigenvalue weighted by molar-refractivity contribution is 0.0531. The Morgan fingerprint density at radius 1 is 1.21 bits per heavy atom. The molecule has 14 heavy (non-hydrogen) atoms. The van der Waals surface area contributed by atoms with Crippen molar-refractivity contribution in [2.45, 2.75) is 57.9 Å². The zero-order valence-corrected chi connectivity index (χ0v) is 9.34. The van der Waals surface area contributed by atoms with Crippen molar-refractivity contribution in [3.8, 4) is 0 Å². The molecule has 80 valence electrons. The molecule has 3 rings (SSSR count). The maximum atomic E-state index is 6.49. The Morgan fingerprint density at radius 2 is 2.07 bits per heavy atom. The van der Waals surface area contributed by atoms with Gasteiger partial charge in [-0.3, -0.25) is 0 Å². The molecule has 0 aromatic rings. The van der Waals surface area contributed by atoms with E-state index in [-0.39, 0.29) is 0 Å². The summed E-state index contributed by atoms with van der Waals surface area (Å²) in [6.45, 7) is 2.43. The lowest BCUT2D eigenvalue weighted by atomic mass is 9.60. The zero-order valence-electron chi connectivity index (χ0n) is 9.34. The first kappa shape index (κ1) is 9.21. The SMILES string of the molecule is C[C@H]1CCC[C@]2(C1)[C@H]1CC[C@H](C1)[C@H]2N. The summed E-state index contributed by atoms with van der Waals surface area (Å²) in [7, 11) is 0. The summed E-state index contributed by atoms with van der Waals surface area (Å²) in [6, 6.07) is 0.559. The minimum Gasteiger partial charge on any atom is -0.327 e. The monoisotopic (exact) mass is 193 g/mol. The molecule has 5 atom stereocenters. The standard InChI is InChI=1S/C13H23N/c1-9-3-2-6-13(8-9)11-5-4-10(7-11)12(13)14/h9-12H,2-8,14H2,1H3/t9-,10+,11-,12+,13-/m0/s1. The minimum absolute atomic E-state index is 0.559. The molecule has 0 aromatic heterocycles. The van der Waals surface area contributed by atoms with Gasteiger partial charge in [-0.1, -0.05) is 19.8 Å². The second kappa shape index (κ2) is 2.98. The predicted molar refractivity (Wildman–Crippen MR) is 58.9 cm³/mol. The van der Waals surface area contributed by atoms with Crippen molar-refractivity contribution in [2.24, 2.45) is 28.9 Å². The summed E-state index contributed by atoms with van der Waals surface area (Å²) < 4.78 is 0. The highest BCUT2D eigenvalue weighted by molar-refractivity contribution is 5.09. The van der Waals surface area contributed by atoms with Gasteiger partial charge in [-0.25, -0.2) is 0 Å². The van der Waals surface area contributed by atoms with E-state index in [0.29, 0.717) is 11.5 Å². The maximum Gasteiger partial charge on any atom is 0.0127 e. The molecule has 0 aliphatic heterocycles. The molecule has 2 bridgehead atoms. The Balaban J connectivity index is 1.87. The maximum absolute atomic E-state index is 6.49. The average Bonchev–Trinajstić information content (AvgIpc) is 2.71. The van der Waals surface area contributed by atoms with Crippen LogP contribution in [-0.4, -0.2) is 6.04 Å². The van der Waals surface area contributed by atoms with Crippen LogP contribution in [0.2, 0.25) is 0 Å². The summed E-state index contributed by atoms with van der Waals surface area (Å²) in [4.78, 5) is 0. The third kappa shape index (κ3) is 1.05. The Bertz CT molecular complexity index is 233. The first-order chi connectivity index (χ1) is 6.72. The molecule has 2 N–H and O–H groups in total. The van der Waals surface area contributed by atoms with Gasteiger partial charge in [0.1, 0.15) is 0 Å². The van der Waals surface area contributed by atoms with E-state index < -0.39 is 0 Å². The normalized spacial score (nSPS) is 57.0. The smallest absolute Gasteiger partial charge is 0.0127 e. The van der Waals surface area contributed by atoms with E-state index >= 15 is 0 Å². The second-order valence-corrected chi connectivity index (χ2v) is 6.23. The van der Waals surface area contributed by atoms with E-state index in [2.05, 4.69) is 6.92 Å². The van der Waals surface area contributed by atoms with E-state index in [0.717, 1.165) is 17.8 Å². The first-order valence-corrected chi connectivity index (χ1v) is 6.48. The van der Waals surface area contributed by atoms with Crippen LogP contribution in [0.5, 0.6) is 0 Å². The zero-order chi connectivity index (χ0) is 9.76. The average molecular weight is 193 g/mol. The molecule has 3 aliphatic rings. The Morgan fingerprint density at radius 3 is 2.71 bits per heavy atom. The van der Waals surface area contributed by atoms with Gasteiger partial charge in [0, 0.05) is 6.04 Å². The molecule has 0 radical (unpaired) electrons. The van der Waals surface area contributed by atoms with Crippen molar-refractivity contribution in [1.82, 2.24) is 0 Å². The minimum atomic E-state index is 0.559. The fraction of sp³-hybridized carbons (Fsp3) is 1.00. The van der Waals surface area contributed by atoms with Crippen molar-refractivity contribution in [3.05, 3.63) is 0 Å². The predicted octanol–water partition coefficient (Wildman–Crippen LogP) is 2.94. The van der Waals surface area contributed by atoms with Crippen LogP contribution in [0.15, 0.2) is 0 Å². The van der Waals surface area contributed by atoms with Crippen molar-refractivity contribution in [1.29, 1.82) is 0 Å². The van der Waals surface area contributed by atoms with Crippen LogP contribution in [0.4, 0.5) is 0 Å². The van der Waals surface area contributed by atoms with Gasteiger partial charge in [-0.15, -0.1) is 0 Å². The number of hydrogen-bond acceptors (Lipinski definition) is 1. The summed E-state index contributed by atoms with van der Waals surface area (Å²) in [5.41, 5.74) is 7.09. The van der Waals surface area contributed by atoms with Gasteiger partial charge in [0.2, 0.25) is 0 Å². The number of fused-ring (bicyclic) bond motifs is 3. The highest BCUT2D eigenvalue weighted by Crippen LogP contribution is 2.61. The van der Waals surface area contributed by atoms with Gasteiger partial charge in [-0.05, 0) is 55.3 Å². The third-order valence-corrected chi connectivity index (χ3v) is 5.53. The van der Waals surface area contributed by atoms with Crippen molar-refractivity contribution in [3.63, 3.8) is 0 Å². The Labute approximate surface area is 87.4 Å². The summed E-state index contributed by atoms with van der Waals surface area (Å²) >= 11 is 0. The van der Waals surface area contributed by atoms with Crippen LogP contribution in [-0.2, 0) is 0 Å². The van der Waals surface area contributed by atoms with E-state index in [1.807, 2.05) is 0 Å². The van der Waals surface area contributed by atoms with Crippen LogP contribution < -0.4 is 5.73 Å². The van der Waals surface area contributed by atoms with E-state index in [9.17, 15) is 0 Å². The van der Waals surface area contributed by atoms with Crippen molar-refractivity contribution < 1.29 is 0 Å². The molecule has 3 fully saturated rings. The quantitative estimate of drug-likeness (QED) is 0.629. The van der Waals surface area contributed by atoms with Gasteiger partial charge in [0.05, 0.1) is 0 Å². The molecular weight excluding hydrogens is 170 g/mol. The van der Waals surface area contributed by atoms with Gasteiger partial charge in [0.25, 0.3) is 0 Å². The lowest BCUT2D eigenvalue weighted by Crippen LogP contribution is -2.48. The Hall–Kier alpha value is -0.0400. The third-order valence-electron chi connectivity index (χ3n) is 5.53. The highest BCUT2D eigenvalue weighted by Gasteiger charge is 2.56. The lowest BCUT2D eigenvalue weighted by Gasteiger charge is -2.47. The molecule has 1 heteroatoms. The largest absolute Gasteiger partial charge is 0.327 e. The van der Waals surface area contributed by atoms with E-state index in [1.165, 1.54) is 44.9 Å². The Kier molecular flexibility index (Phi) is 1.96. The number of nitrogens with two attached hydrogens (primary N) is 1. The second-order valence-electron chi connectivity index (χ2n) is 6.23. The number of hydrogen-bond donors (Lipinski definition) is 1. The molecule has 0 aromatic carbocycles. The van der Waals surface area contributed by atoms with Crippen LogP contribution in [0, 0.1) is 23.2 Å². The van der Waals surface area contributed by atoms with Crippen LogP contribution in [0.25, 0.3) is 0 Å². The van der Waals surface area contributed by atoms with E-state index in [4.69, 9.17) is 5.73 Å². The van der Waals surface area contributed by atoms with Gasteiger partial charge >= 0.3 is 0 Å². The summed E-state index contributed by atoms with van der Waals surface area (Å²) in [5.74, 6) is 2.84. The van der Waals surface area contributed by atoms with Gasteiger partial charge in [0.15, 0.2) is 0 Å². The molecule has 1 spiro atoms. The van der Waals surface area contributed by atoms with Crippen LogP contribution >= 0.6 is 0 Å². The molecule has 1 nitrogen and oxygen atoms in total. The first-order valence-electron chi connectivity index (χ1n) is 6.48. The van der Waals surface area contributed by atoms with Crippen LogP contribution in [0.1, 0.15) is 51.9 Å². The molecule has 0 unspecified atom stereocenters. The molecular formula is C13H23N. The molecule has 0 amide bonds. The van der Waals surface area contributed by atoms with Gasteiger partial charge < -0.3 is 5.73 Å².